The number of sulfonamides is 1. The fourth-order valence-corrected chi connectivity index (χ4v) is 3.89. The lowest BCUT2D eigenvalue weighted by atomic mass is 10.1. The average molecular weight is 454 g/mol. The van der Waals surface area contributed by atoms with E-state index in [9.17, 15) is 23.3 Å². The predicted molar refractivity (Wildman–Crippen MR) is 116 cm³/mol. The highest BCUT2D eigenvalue weighted by molar-refractivity contribution is 7.92. The lowest BCUT2D eigenvalue weighted by Crippen LogP contribution is -2.43. The zero-order valence-electron chi connectivity index (χ0n) is 16.0. The third-order valence-corrected chi connectivity index (χ3v) is 5.33. The van der Waals surface area contributed by atoms with Gasteiger partial charge in [0.1, 0.15) is 5.69 Å². The van der Waals surface area contributed by atoms with E-state index in [1.807, 2.05) is 4.90 Å². The molecule has 1 aliphatic rings. The minimum Gasteiger partial charge on any atom is -0.368 e. The molecule has 0 aromatic heterocycles. The number of nitrogens with zero attached hydrogens (tertiary/aromatic N) is 2. The molecule has 1 saturated heterocycles. The molecule has 1 fully saturated rings. The van der Waals surface area contributed by atoms with E-state index < -0.39 is 20.9 Å². The zero-order chi connectivity index (χ0) is 21.9. The van der Waals surface area contributed by atoms with E-state index in [4.69, 9.17) is 11.6 Å². The summed E-state index contributed by atoms with van der Waals surface area (Å²) in [4.78, 5) is 25.5. The van der Waals surface area contributed by atoms with Gasteiger partial charge < -0.3 is 15.5 Å². The molecule has 160 valence electrons. The summed E-state index contributed by atoms with van der Waals surface area (Å²) in [6.45, 7) is 2.87. The fourth-order valence-electron chi connectivity index (χ4n) is 3.05. The maximum absolute atomic E-state index is 12.6. The Morgan fingerprint density at radius 1 is 1.20 bits per heavy atom. The molecule has 10 nitrogen and oxygen atoms in total. The number of carbonyl (C=O) groups is 1. The normalized spacial score (nSPS) is 14.3. The monoisotopic (exact) mass is 453 g/mol. The molecule has 0 unspecified atom stereocenters. The van der Waals surface area contributed by atoms with Crippen LogP contribution in [-0.2, 0) is 10.0 Å². The molecular weight excluding hydrogens is 434 g/mol. The minimum atomic E-state index is -3.44. The quantitative estimate of drug-likeness (QED) is 0.451. The average Bonchev–Trinajstić information content (AvgIpc) is 2.68. The second-order valence-corrected chi connectivity index (χ2v) is 8.88. The van der Waals surface area contributed by atoms with Crippen molar-refractivity contribution in [2.24, 2.45) is 0 Å². The Hall–Kier alpha value is -2.89. The van der Waals surface area contributed by atoms with Crippen LogP contribution in [0, 0.1) is 10.1 Å². The first-order valence-corrected chi connectivity index (χ1v) is 11.2. The summed E-state index contributed by atoms with van der Waals surface area (Å²) in [5, 5.41) is 17.5. The van der Waals surface area contributed by atoms with Crippen molar-refractivity contribution in [2.45, 2.75) is 0 Å². The van der Waals surface area contributed by atoms with Gasteiger partial charge in [-0.25, -0.2) is 8.42 Å². The maximum atomic E-state index is 12.6. The molecule has 1 aliphatic heterocycles. The third kappa shape index (κ3) is 5.38. The van der Waals surface area contributed by atoms with Crippen LogP contribution in [0.3, 0.4) is 0 Å². The van der Waals surface area contributed by atoms with E-state index in [0.29, 0.717) is 24.5 Å². The molecule has 0 radical (unpaired) electrons. The Kier molecular flexibility index (Phi) is 6.44. The fraction of sp³-hybridized carbons (Fsp3) is 0.278. The van der Waals surface area contributed by atoms with Crippen molar-refractivity contribution in [3.05, 3.63) is 57.1 Å². The SMILES string of the molecule is CS(=O)(=O)Nc1ccc(C(=O)Nc2cc(N3CCNCC3)c(Cl)cc2[N+](=O)[O-])cc1. The molecule has 12 heteroatoms. The zero-order valence-corrected chi connectivity index (χ0v) is 17.6. The van der Waals surface area contributed by atoms with Crippen molar-refractivity contribution >= 4 is 50.3 Å². The summed E-state index contributed by atoms with van der Waals surface area (Å²) in [5.74, 6) is -0.572. The summed E-state index contributed by atoms with van der Waals surface area (Å²) >= 11 is 6.27. The van der Waals surface area contributed by atoms with Crippen LogP contribution < -0.4 is 20.3 Å². The lowest BCUT2D eigenvalue weighted by Gasteiger charge is -2.30. The van der Waals surface area contributed by atoms with Crippen LogP contribution in [0.15, 0.2) is 36.4 Å². The molecule has 0 saturated carbocycles. The number of carbonyl (C=O) groups excluding carboxylic acids is 1. The Morgan fingerprint density at radius 2 is 1.83 bits per heavy atom. The lowest BCUT2D eigenvalue weighted by molar-refractivity contribution is -0.383. The molecule has 0 bridgehead atoms. The first-order chi connectivity index (χ1) is 14.1. The maximum Gasteiger partial charge on any atom is 0.294 e. The first kappa shape index (κ1) is 21.8. The van der Waals surface area contributed by atoms with Gasteiger partial charge in [-0.15, -0.1) is 0 Å². The van der Waals surface area contributed by atoms with E-state index >= 15 is 0 Å². The van der Waals surface area contributed by atoms with Crippen molar-refractivity contribution in [3.8, 4) is 0 Å². The van der Waals surface area contributed by atoms with E-state index in [1.54, 1.807) is 0 Å². The van der Waals surface area contributed by atoms with Crippen molar-refractivity contribution < 1.29 is 18.1 Å². The molecule has 2 aromatic rings. The van der Waals surface area contributed by atoms with Crippen LogP contribution in [0.5, 0.6) is 0 Å². The van der Waals surface area contributed by atoms with Crippen LogP contribution in [0.1, 0.15) is 10.4 Å². The van der Waals surface area contributed by atoms with Gasteiger partial charge in [0, 0.05) is 43.5 Å². The van der Waals surface area contributed by atoms with Gasteiger partial charge in [0.05, 0.1) is 21.9 Å². The molecule has 0 aliphatic carbocycles. The molecule has 2 aromatic carbocycles. The molecule has 1 heterocycles. The van der Waals surface area contributed by atoms with Gasteiger partial charge in [0.15, 0.2) is 0 Å². The molecule has 1 amide bonds. The van der Waals surface area contributed by atoms with Crippen molar-refractivity contribution in [2.75, 3.05) is 47.4 Å². The van der Waals surface area contributed by atoms with Gasteiger partial charge >= 0.3 is 0 Å². The summed E-state index contributed by atoms with van der Waals surface area (Å²) in [5.41, 5.74) is 0.824. The molecule has 0 spiro atoms. The largest absolute Gasteiger partial charge is 0.368 e. The number of amides is 1. The van der Waals surface area contributed by atoms with Crippen LogP contribution >= 0.6 is 11.6 Å². The second kappa shape index (κ2) is 8.86. The predicted octanol–water partition coefficient (Wildman–Crippen LogP) is 2.28. The number of halogens is 1. The molecule has 3 rings (SSSR count). The highest BCUT2D eigenvalue weighted by Gasteiger charge is 2.23. The van der Waals surface area contributed by atoms with Gasteiger partial charge in [-0.3, -0.25) is 19.6 Å². The highest BCUT2D eigenvalue weighted by Crippen LogP contribution is 2.36. The van der Waals surface area contributed by atoms with E-state index in [1.165, 1.54) is 36.4 Å². The number of hydrogen-bond donors (Lipinski definition) is 3. The van der Waals surface area contributed by atoms with Crippen LogP contribution in [-0.4, -0.2) is 51.7 Å². The second-order valence-electron chi connectivity index (χ2n) is 6.72. The number of nitro groups is 1. The summed E-state index contributed by atoms with van der Waals surface area (Å²) in [6, 6.07) is 8.43. The Labute approximate surface area is 178 Å². The third-order valence-electron chi connectivity index (χ3n) is 4.42. The molecule has 3 N–H and O–H groups in total. The van der Waals surface area contributed by atoms with Crippen LogP contribution in [0.2, 0.25) is 5.02 Å². The van der Waals surface area contributed by atoms with E-state index in [0.717, 1.165) is 19.3 Å². The Bertz CT molecular complexity index is 1070. The number of nitrogens with one attached hydrogen (secondary N) is 3. The number of rotatable bonds is 6. The number of benzene rings is 2. The van der Waals surface area contributed by atoms with Gasteiger partial charge in [0.2, 0.25) is 10.0 Å². The molecule has 30 heavy (non-hydrogen) atoms. The summed E-state index contributed by atoms with van der Waals surface area (Å²) in [6.07, 6.45) is 1.02. The Balaban J connectivity index is 1.86. The number of nitro benzene ring substituents is 1. The van der Waals surface area contributed by atoms with Crippen LogP contribution in [0.25, 0.3) is 0 Å². The van der Waals surface area contributed by atoms with Gasteiger partial charge in [-0.05, 0) is 30.3 Å². The Morgan fingerprint density at radius 3 is 2.40 bits per heavy atom. The van der Waals surface area contributed by atoms with Crippen LogP contribution in [0.4, 0.5) is 22.7 Å². The minimum absolute atomic E-state index is 0.0290. The number of anilines is 3. The number of piperazine rings is 1. The van der Waals surface area contributed by atoms with Gasteiger partial charge in [0.25, 0.3) is 11.6 Å². The summed E-state index contributed by atoms with van der Waals surface area (Å²) in [7, 11) is -3.44. The van der Waals surface area contributed by atoms with E-state index in [-0.39, 0.29) is 22.0 Å². The van der Waals surface area contributed by atoms with Crippen molar-refractivity contribution in [3.63, 3.8) is 0 Å². The molecule has 0 atom stereocenters. The first-order valence-electron chi connectivity index (χ1n) is 8.97. The van der Waals surface area contributed by atoms with Crippen molar-refractivity contribution in [1.82, 2.24) is 5.32 Å². The van der Waals surface area contributed by atoms with Crippen molar-refractivity contribution in [1.29, 1.82) is 0 Å². The summed E-state index contributed by atoms with van der Waals surface area (Å²) < 4.78 is 24.9. The molecular formula is C18H20ClN5O5S. The number of hydrogen-bond acceptors (Lipinski definition) is 7. The van der Waals surface area contributed by atoms with Gasteiger partial charge in [-0.2, -0.15) is 0 Å². The smallest absolute Gasteiger partial charge is 0.294 e. The topological polar surface area (TPSA) is 134 Å². The highest BCUT2D eigenvalue weighted by atomic mass is 35.5. The standard InChI is InChI=1S/C18H20ClN5O5S/c1-30(28,29)22-13-4-2-12(3-5-13)18(25)21-15-11-16(23-8-6-20-7-9-23)14(19)10-17(15)24(26)27/h2-5,10-11,20,22H,6-9H2,1H3,(H,21,25). The van der Waals surface area contributed by atoms with E-state index in [2.05, 4.69) is 15.4 Å². The van der Waals surface area contributed by atoms with Gasteiger partial charge in [-0.1, -0.05) is 11.6 Å².